The molecule has 12 heavy (non-hydrogen) atoms. The summed E-state index contributed by atoms with van der Waals surface area (Å²) >= 11 is 0. The summed E-state index contributed by atoms with van der Waals surface area (Å²) in [5.41, 5.74) is 0. The van der Waals surface area contributed by atoms with Gasteiger partial charge in [0.25, 0.3) is 0 Å². The molecule has 0 saturated heterocycles. The van der Waals surface area contributed by atoms with Crippen LogP contribution in [0.3, 0.4) is 0 Å². The molecule has 2 nitrogen and oxygen atoms in total. The van der Waals surface area contributed by atoms with Crippen LogP contribution in [0.1, 0.15) is 20.8 Å². The zero-order valence-electron chi connectivity index (χ0n) is 9.42. The van der Waals surface area contributed by atoms with Gasteiger partial charge >= 0.3 is 0 Å². The molecule has 0 aromatic heterocycles. The van der Waals surface area contributed by atoms with E-state index in [9.17, 15) is 0 Å². The molecule has 0 bridgehead atoms. The van der Waals surface area contributed by atoms with Crippen LogP contribution in [0.15, 0.2) is 0 Å². The molecule has 78 valence electrons. The molecule has 0 amide bonds. The van der Waals surface area contributed by atoms with Gasteiger partial charge in [-0.3, -0.25) is 0 Å². The van der Waals surface area contributed by atoms with Crippen LogP contribution in [0.4, 0.5) is 0 Å². The van der Waals surface area contributed by atoms with E-state index in [1.807, 2.05) is 26.0 Å². The summed E-state index contributed by atoms with van der Waals surface area (Å²) in [5.74, 6) is 0. The summed E-state index contributed by atoms with van der Waals surface area (Å²) in [7, 11) is 6.00. The van der Waals surface area contributed by atoms with Gasteiger partial charge in [-0.1, -0.05) is 20.8 Å². The summed E-state index contributed by atoms with van der Waals surface area (Å²) in [6.07, 6.45) is 0. The zero-order valence-corrected chi connectivity index (χ0v) is 11.1. The van der Waals surface area contributed by atoms with E-state index in [1.54, 1.807) is 0 Å². The quantitative estimate of drug-likeness (QED) is 0.746. The van der Waals surface area contributed by atoms with Crippen LogP contribution in [0.2, 0.25) is 0 Å². The van der Waals surface area contributed by atoms with Gasteiger partial charge in [-0.05, 0) is 40.8 Å². The van der Waals surface area contributed by atoms with Crippen molar-refractivity contribution in [2.75, 3.05) is 40.8 Å². The second-order valence-electron chi connectivity index (χ2n) is 2.96. The highest BCUT2D eigenvalue weighted by molar-refractivity contribution is 8.93. The van der Waals surface area contributed by atoms with E-state index in [4.69, 9.17) is 0 Å². The molecule has 0 fully saturated rings. The molecule has 0 spiro atoms. The first-order valence-electron chi connectivity index (χ1n) is 4.41. The second-order valence-corrected chi connectivity index (χ2v) is 2.96. The van der Waals surface area contributed by atoms with E-state index in [-0.39, 0.29) is 17.0 Å². The van der Waals surface area contributed by atoms with Crippen LogP contribution in [0.25, 0.3) is 0 Å². The predicted molar refractivity (Wildman–Crippen MR) is 63.4 cm³/mol. The van der Waals surface area contributed by atoms with Crippen molar-refractivity contribution in [3.05, 3.63) is 0 Å². The lowest BCUT2D eigenvalue weighted by Gasteiger charge is -2.13. The third-order valence-electron chi connectivity index (χ3n) is 1.34. The van der Waals surface area contributed by atoms with Gasteiger partial charge in [-0.25, -0.2) is 0 Å². The minimum absolute atomic E-state index is 0. The topological polar surface area (TPSA) is 6.48 Å². The maximum Gasteiger partial charge on any atom is -0.00474 e. The smallest absolute Gasteiger partial charge is 0.00474 e. The fourth-order valence-electron chi connectivity index (χ4n) is 0.671. The molecule has 0 aromatic carbocycles. The lowest BCUT2D eigenvalue weighted by Crippen LogP contribution is -2.21. The Morgan fingerprint density at radius 1 is 0.750 bits per heavy atom. The standard InChI is InChI=1S/C6H15N.C3H9N.BrH/c1-4-7(5-2)6-3;1-4(2)3;/h4-6H2,1-3H3;1-3H3;1H. The lowest BCUT2D eigenvalue weighted by atomic mass is 10.5. The Morgan fingerprint density at radius 2 is 0.917 bits per heavy atom. The number of halogens is 1. The summed E-state index contributed by atoms with van der Waals surface area (Å²) < 4.78 is 0. The van der Waals surface area contributed by atoms with E-state index in [0.717, 1.165) is 0 Å². The van der Waals surface area contributed by atoms with Gasteiger partial charge < -0.3 is 9.80 Å². The van der Waals surface area contributed by atoms with E-state index in [1.165, 1.54) is 19.6 Å². The maximum absolute atomic E-state index is 2.38. The molecular formula is C9H25BrN2. The highest BCUT2D eigenvalue weighted by Crippen LogP contribution is 1.81. The molecule has 0 radical (unpaired) electrons. The van der Waals surface area contributed by atoms with Crippen LogP contribution in [-0.2, 0) is 0 Å². The first kappa shape index (κ1) is 18.2. The first-order chi connectivity index (χ1) is 5.08. The third kappa shape index (κ3) is 22.4. The van der Waals surface area contributed by atoms with E-state index in [2.05, 4.69) is 25.7 Å². The van der Waals surface area contributed by atoms with Gasteiger partial charge in [0.15, 0.2) is 0 Å². The summed E-state index contributed by atoms with van der Waals surface area (Å²) in [6.45, 7) is 10.1. The van der Waals surface area contributed by atoms with E-state index in [0.29, 0.717) is 0 Å². The Labute approximate surface area is 88.7 Å². The van der Waals surface area contributed by atoms with Crippen molar-refractivity contribution in [1.29, 1.82) is 0 Å². The van der Waals surface area contributed by atoms with Crippen molar-refractivity contribution in [2.45, 2.75) is 20.8 Å². The molecule has 0 aliphatic heterocycles. The Bertz CT molecular complexity index is 55.3. The van der Waals surface area contributed by atoms with E-state index >= 15 is 0 Å². The summed E-state index contributed by atoms with van der Waals surface area (Å²) in [5, 5.41) is 0. The monoisotopic (exact) mass is 240 g/mol. The van der Waals surface area contributed by atoms with E-state index < -0.39 is 0 Å². The largest absolute Gasteiger partial charge is 0.312 e. The molecule has 0 saturated carbocycles. The van der Waals surface area contributed by atoms with Crippen molar-refractivity contribution in [3.8, 4) is 0 Å². The number of rotatable bonds is 3. The van der Waals surface area contributed by atoms with Crippen LogP contribution >= 0.6 is 17.0 Å². The summed E-state index contributed by atoms with van der Waals surface area (Å²) in [4.78, 5) is 4.38. The van der Waals surface area contributed by atoms with Gasteiger partial charge in [0.2, 0.25) is 0 Å². The molecule has 0 atom stereocenters. The Kier molecular flexibility index (Phi) is 21.2. The molecule has 0 unspecified atom stereocenters. The molecule has 0 heterocycles. The van der Waals surface area contributed by atoms with Crippen molar-refractivity contribution < 1.29 is 0 Å². The molecule has 3 heteroatoms. The highest BCUT2D eigenvalue weighted by atomic mass is 79.9. The maximum atomic E-state index is 2.38. The number of nitrogens with zero attached hydrogens (tertiary/aromatic N) is 2. The Balaban J connectivity index is -0.000000142. The van der Waals surface area contributed by atoms with Crippen LogP contribution in [0, 0.1) is 0 Å². The normalized spacial score (nSPS) is 9.00. The van der Waals surface area contributed by atoms with Crippen LogP contribution < -0.4 is 0 Å². The van der Waals surface area contributed by atoms with Crippen molar-refractivity contribution in [2.24, 2.45) is 0 Å². The average Bonchev–Trinajstić information content (AvgIpc) is 1.90. The molecule has 0 rings (SSSR count). The zero-order chi connectivity index (χ0) is 9.28. The third-order valence-corrected chi connectivity index (χ3v) is 1.34. The van der Waals surface area contributed by atoms with Crippen molar-refractivity contribution in [1.82, 2.24) is 9.80 Å². The van der Waals surface area contributed by atoms with Crippen molar-refractivity contribution >= 4 is 17.0 Å². The minimum Gasteiger partial charge on any atom is -0.312 e. The molecule has 0 aliphatic rings. The average molecular weight is 241 g/mol. The SMILES string of the molecule is Br.CCN(CC)CC.CN(C)C. The lowest BCUT2D eigenvalue weighted by molar-refractivity contribution is 0.321. The van der Waals surface area contributed by atoms with Gasteiger partial charge in [0.1, 0.15) is 0 Å². The minimum atomic E-state index is 0. The molecule has 0 N–H and O–H groups in total. The predicted octanol–water partition coefficient (Wildman–Crippen LogP) is 2.10. The fraction of sp³-hybridized carbons (Fsp3) is 1.00. The van der Waals surface area contributed by atoms with Gasteiger partial charge in [-0.15, -0.1) is 17.0 Å². The molecule has 0 aliphatic carbocycles. The van der Waals surface area contributed by atoms with Crippen LogP contribution in [-0.4, -0.2) is 50.6 Å². The number of hydrogen-bond donors (Lipinski definition) is 0. The molecular weight excluding hydrogens is 216 g/mol. The first-order valence-corrected chi connectivity index (χ1v) is 4.41. The second kappa shape index (κ2) is 14.0. The van der Waals surface area contributed by atoms with Crippen LogP contribution in [0.5, 0.6) is 0 Å². The van der Waals surface area contributed by atoms with Gasteiger partial charge in [-0.2, -0.15) is 0 Å². The number of hydrogen-bond acceptors (Lipinski definition) is 2. The summed E-state index contributed by atoms with van der Waals surface area (Å²) in [6, 6.07) is 0. The van der Waals surface area contributed by atoms with Gasteiger partial charge in [0, 0.05) is 0 Å². The van der Waals surface area contributed by atoms with Gasteiger partial charge in [0.05, 0.1) is 0 Å². The van der Waals surface area contributed by atoms with Crippen molar-refractivity contribution in [3.63, 3.8) is 0 Å². The Hall–Kier alpha value is 0.400. The highest BCUT2D eigenvalue weighted by Gasteiger charge is 1.89. The Morgan fingerprint density at radius 3 is 0.917 bits per heavy atom. The fourth-order valence-corrected chi connectivity index (χ4v) is 0.671. The molecule has 0 aromatic rings.